The van der Waals surface area contributed by atoms with Gasteiger partial charge in [0.15, 0.2) is 0 Å². The molecule has 0 aliphatic carbocycles. The third-order valence-electron chi connectivity index (χ3n) is 4.78. The average molecular weight is 349 g/mol. The number of aromatic nitrogens is 2. The number of aliphatic hydroxyl groups is 1. The van der Waals surface area contributed by atoms with E-state index in [-0.39, 0.29) is 12.6 Å². The van der Waals surface area contributed by atoms with Gasteiger partial charge >= 0.3 is 0 Å². The molecule has 3 rings (SSSR count). The highest BCUT2D eigenvalue weighted by Crippen LogP contribution is 2.19. The Morgan fingerprint density at radius 2 is 1.62 bits per heavy atom. The Labute approximate surface area is 155 Å². The summed E-state index contributed by atoms with van der Waals surface area (Å²) < 4.78 is 2.00. The minimum atomic E-state index is 0.128. The van der Waals surface area contributed by atoms with Gasteiger partial charge in [-0.05, 0) is 29.2 Å². The van der Waals surface area contributed by atoms with E-state index in [1.165, 1.54) is 11.1 Å². The van der Waals surface area contributed by atoms with Crippen LogP contribution in [-0.4, -0.2) is 32.2 Å². The third-order valence-corrected chi connectivity index (χ3v) is 4.78. The maximum Gasteiger partial charge on any atom is 0.0991 e. The topological polar surface area (TPSA) is 41.3 Å². The van der Waals surface area contributed by atoms with Crippen LogP contribution < -0.4 is 0 Å². The number of aliphatic hydroxyl groups excluding tert-OH is 1. The number of benzene rings is 2. The van der Waals surface area contributed by atoms with E-state index >= 15 is 0 Å². The van der Waals surface area contributed by atoms with Gasteiger partial charge in [-0.25, -0.2) is 4.98 Å². The summed E-state index contributed by atoms with van der Waals surface area (Å²) in [6, 6.07) is 19.1. The SMILES string of the molecule is CC(C)C(CO)N(Cc1ccccc1)Cc1ccc(-n2ccnc2)cc1. The predicted octanol–water partition coefficient (Wildman–Crippen LogP) is 3.89. The summed E-state index contributed by atoms with van der Waals surface area (Å²) in [6.07, 6.45) is 5.53. The zero-order chi connectivity index (χ0) is 18.4. The molecule has 3 aromatic rings. The molecule has 0 aliphatic heterocycles. The molecular weight excluding hydrogens is 322 g/mol. The largest absolute Gasteiger partial charge is 0.395 e. The van der Waals surface area contributed by atoms with E-state index in [1.54, 1.807) is 12.5 Å². The Bertz CT molecular complexity index is 767. The Balaban J connectivity index is 1.78. The molecule has 1 heterocycles. The van der Waals surface area contributed by atoms with Crippen LogP contribution in [0.3, 0.4) is 0 Å². The molecule has 0 saturated carbocycles. The molecule has 1 aromatic heterocycles. The van der Waals surface area contributed by atoms with E-state index < -0.39 is 0 Å². The average Bonchev–Trinajstić information content (AvgIpc) is 3.18. The number of imidazole rings is 1. The van der Waals surface area contributed by atoms with Crippen LogP contribution in [0.4, 0.5) is 0 Å². The maximum absolute atomic E-state index is 9.94. The minimum Gasteiger partial charge on any atom is -0.395 e. The first kappa shape index (κ1) is 18.4. The third kappa shape index (κ3) is 4.59. The van der Waals surface area contributed by atoms with Gasteiger partial charge in [-0.2, -0.15) is 0 Å². The van der Waals surface area contributed by atoms with Gasteiger partial charge in [0, 0.05) is 37.2 Å². The molecule has 0 amide bonds. The number of hydrogen-bond acceptors (Lipinski definition) is 3. The van der Waals surface area contributed by atoms with E-state index in [0.29, 0.717) is 5.92 Å². The van der Waals surface area contributed by atoms with Crippen molar-refractivity contribution in [3.63, 3.8) is 0 Å². The highest BCUT2D eigenvalue weighted by molar-refractivity contribution is 5.34. The lowest BCUT2D eigenvalue weighted by Crippen LogP contribution is -2.40. The zero-order valence-corrected chi connectivity index (χ0v) is 15.5. The van der Waals surface area contributed by atoms with Crippen molar-refractivity contribution < 1.29 is 5.11 Å². The van der Waals surface area contributed by atoms with Gasteiger partial charge in [0.1, 0.15) is 0 Å². The molecule has 4 heteroatoms. The molecule has 0 bridgehead atoms. The summed E-state index contributed by atoms with van der Waals surface area (Å²) in [5.74, 6) is 0.383. The number of hydrogen-bond donors (Lipinski definition) is 1. The first-order chi connectivity index (χ1) is 12.7. The van der Waals surface area contributed by atoms with Crippen LogP contribution >= 0.6 is 0 Å². The van der Waals surface area contributed by atoms with Gasteiger partial charge in [0.05, 0.1) is 12.9 Å². The molecule has 1 N–H and O–H groups in total. The van der Waals surface area contributed by atoms with Crippen molar-refractivity contribution in [2.45, 2.75) is 33.0 Å². The molecule has 26 heavy (non-hydrogen) atoms. The maximum atomic E-state index is 9.94. The van der Waals surface area contributed by atoms with Crippen LogP contribution in [0.5, 0.6) is 0 Å². The van der Waals surface area contributed by atoms with Gasteiger partial charge in [-0.15, -0.1) is 0 Å². The second-order valence-corrected chi connectivity index (χ2v) is 7.02. The molecule has 0 saturated heterocycles. The van der Waals surface area contributed by atoms with Crippen LogP contribution in [0.15, 0.2) is 73.3 Å². The van der Waals surface area contributed by atoms with Gasteiger partial charge in [-0.3, -0.25) is 4.90 Å². The monoisotopic (exact) mass is 349 g/mol. The Hall–Kier alpha value is -2.43. The van der Waals surface area contributed by atoms with E-state index in [4.69, 9.17) is 0 Å². The lowest BCUT2D eigenvalue weighted by molar-refractivity contribution is 0.0784. The standard InChI is InChI=1S/C22H27N3O/c1-18(2)22(16-26)25(14-19-6-4-3-5-7-19)15-20-8-10-21(11-9-20)24-13-12-23-17-24/h3-13,17-18,22,26H,14-16H2,1-2H3. The highest BCUT2D eigenvalue weighted by atomic mass is 16.3. The molecule has 4 nitrogen and oxygen atoms in total. The second kappa shape index (κ2) is 8.79. The summed E-state index contributed by atoms with van der Waals surface area (Å²) in [5, 5.41) is 9.94. The summed E-state index contributed by atoms with van der Waals surface area (Å²) in [4.78, 5) is 6.46. The molecule has 136 valence electrons. The number of nitrogens with zero attached hydrogens (tertiary/aromatic N) is 3. The molecule has 0 spiro atoms. The zero-order valence-electron chi connectivity index (χ0n) is 15.5. The van der Waals surface area contributed by atoms with Gasteiger partial charge in [-0.1, -0.05) is 56.3 Å². The summed E-state index contributed by atoms with van der Waals surface area (Å²) in [6.45, 7) is 6.13. The van der Waals surface area contributed by atoms with Crippen molar-refractivity contribution >= 4 is 0 Å². The van der Waals surface area contributed by atoms with Crippen LogP contribution in [0.1, 0.15) is 25.0 Å². The Morgan fingerprint density at radius 1 is 0.962 bits per heavy atom. The molecule has 0 aliphatic rings. The molecule has 1 unspecified atom stereocenters. The van der Waals surface area contributed by atoms with Crippen LogP contribution in [0, 0.1) is 5.92 Å². The normalized spacial score (nSPS) is 12.7. The Morgan fingerprint density at radius 3 is 2.15 bits per heavy atom. The number of rotatable bonds is 8. The summed E-state index contributed by atoms with van der Waals surface area (Å²) >= 11 is 0. The molecule has 0 radical (unpaired) electrons. The fraction of sp³-hybridized carbons (Fsp3) is 0.318. The first-order valence-electron chi connectivity index (χ1n) is 9.13. The highest BCUT2D eigenvalue weighted by Gasteiger charge is 2.21. The van der Waals surface area contributed by atoms with Crippen molar-refractivity contribution in [1.82, 2.24) is 14.5 Å². The van der Waals surface area contributed by atoms with Gasteiger partial charge in [0.25, 0.3) is 0 Å². The molecular formula is C22H27N3O. The summed E-state index contributed by atoms with van der Waals surface area (Å²) in [5.41, 5.74) is 3.61. The van der Waals surface area contributed by atoms with Crippen molar-refractivity contribution in [1.29, 1.82) is 0 Å². The van der Waals surface area contributed by atoms with Crippen LogP contribution in [-0.2, 0) is 13.1 Å². The summed E-state index contributed by atoms with van der Waals surface area (Å²) in [7, 11) is 0. The predicted molar refractivity (Wildman–Crippen MR) is 105 cm³/mol. The molecule has 2 aromatic carbocycles. The molecule has 0 fully saturated rings. The minimum absolute atomic E-state index is 0.128. The second-order valence-electron chi connectivity index (χ2n) is 7.02. The van der Waals surface area contributed by atoms with Gasteiger partial charge in [0.2, 0.25) is 0 Å². The fourth-order valence-corrected chi connectivity index (χ4v) is 3.28. The van der Waals surface area contributed by atoms with Crippen molar-refractivity contribution in [2.75, 3.05) is 6.61 Å². The van der Waals surface area contributed by atoms with Crippen molar-refractivity contribution in [2.24, 2.45) is 5.92 Å². The molecule has 1 atom stereocenters. The van der Waals surface area contributed by atoms with Crippen LogP contribution in [0.2, 0.25) is 0 Å². The van der Waals surface area contributed by atoms with E-state index in [0.717, 1.165) is 18.8 Å². The van der Waals surface area contributed by atoms with Gasteiger partial charge < -0.3 is 9.67 Å². The lowest BCUT2D eigenvalue weighted by Gasteiger charge is -2.33. The van der Waals surface area contributed by atoms with Crippen LogP contribution in [0.25, 0.3) is 5.69 Å². The van der Waals surface area contributed by atoms with E-state index in [1.807, 2.05) is 16.8 Å². The lowest BCUT2D eigenvalue weighted by atomic mass is 10.0. The Kier molecular flexibility index (Phi) is 6.21. The van der Waals surface area contributed by atoms with Crippen molar-refractivity contribution in [3.05, 3.63) is 84.4 Å². The smallest absolute Gasteiger partial charge is 0.0991 e. The van der Waals surface area contributed by atoms with E-state index in [9.17, 15) is 5.11 Å². The first-order valence-corrected chi connectivity index (χ1v) is 9.13. The van der Waals surface area contributed by atoms with Crippen molar-refractivity contribution in [3.8, 4) is 5.69 Å². The quantitative estimate of drug-likeness (QED) is 0.671. The van der Waals surface area contributed by atoms with E-state index in [2.05, 4.69) is 72.3 Å². The fourth-order valence-electron chi connectivity index (χ4n) is 3.28.